The lowest BCUT2D eigenvalue weighted by Crippen LogP contribution is -2.49. The summed E-state index contributed by atoms with van der Waals surface area (Å²) in [5, 5.41) is 2.90. The van der Waals surface area contributed by atoms with Crippen LogP contribution in [-0.2, 0) is 4.74 Å². The van der Waals surface area contributed by atoms with Crippen molar-refractivity contribution in [3.05, 3.63) is 54.1 Å². The van der Waals surface area contributed by atoms with Crippen molar-refractivity contribution >= 4 is 11.7 Å². The van der Waals surface area contributed by atoms with E-state index in [9.17, 15) is 4.79 Å². The average molecular weight is 356 g/mol. The number of benzene rings is 2. The molecule has 0 aromatic heterocycles. The van der Waals surface area contributed by atoms with Gasteiger partial charge in [0, 0.05) is 18.3 Å². The number of amides is 2. The predicted molar refractivity (Wildman–Crippen MR) is 100.0 cm³/mol. The molecule has 1 N–H and O–H groups in total. The Labute approximate surface area is 153 Å². The maximum Gasteiger partial charge on any atom is 0.322 e. The van der Waals surface area contributed by atoms with Gasteiger partial charge in [-0.15, -0.1) is 0 Å². The van der Waals surface area contributed by atoms with Crippen LogP contribution in [0.1, 0.15) is 5.56 Å². The quantitative estimate of drug-likeness (QED) is 0.893. The van der Waals surface area contributed by atoms with Crippen molar-refractivity contribution < 1.29 is 19.0 Å². The number of para-hydroxylation sites is 1. The Hall–Kier alpha value is -2.73. The van der Waals surface area contributed by atoms with E-state index in [4.69, 9.17) is 14.2 Å². The predicted octanol–water partition coefficient (Wildman–Crippen LogP) is 3.32. The molecule has 1 aliphatic rings. The van der Waals surface area contributed by atoms with Gasteiger partial charge in [-0.2, -0.15) is 0 Å². The normalized spacial score (nSPS) is 16.8. The number of carbonyl (C=O) groups is 1. The molecule has 3 rings (SSSR count). The molecule has 0 radical (unpaired) electrons. The minimum absolute atomic E-state index is 0.151. The lowest BCUT2D eigenvalue weighted by Gasteiger charge is -2.33. The van der Waals surface area contributed by atoms with E-state index in [1.165, 1.54) is 0 Å². The lowest BCUT2D eigenvalue weighted by atomic mass is 10.2. The molecule has 6 nitrogen and oxygen atoms in total. The van der Waals surface area contributed by atoms with Gasteiger partial charge in [-0.05, 0) is 30.7 Å². The largest absolute Gasteiger partial charge is 0.497 e. The molecule has 0 bridgehead atoms. The Balaban J connectivity index is 1.54. The number of rotatable bonds is 5. The molecule has 1 heterocycles. The standard InChI is InChI=1S/C20H24N2O4/c1-15-6-3-4-9-19(15)26-14-18-13-22(10-11-25-18)20(23)21-16-7-5-8-17(12-16)24-2/h3-9,12,18H,10-11,13-14H2,1-2H3,(H,21,23). The van der Waals surface area contributed by atoms with E-state index in [0.29, 0.717) is 37.7 Å². The zero-order valence-corrected chi connectivity index (χ0v) is 15.1. The van der Waals surface area contributed by atoms with E-state index >= 15 is 0 Å². The number of methoxy groups -OCH3 is 1. The first-order valence-electron chi connectivity index (χ1n) is 8.65. The molecule has 6 heteroatoms. The monoisotopic (exact) mass is 356 g/mol. The summed E-state index contributed by atoms with van der Waals surface area (Å²) in [5.41, 5.74) is 1.78. The van der Waals surface area contributed by atoms with Gasteiger partial charge in [0.05, 0.1) is 20.3 Å². The molecular weight excluding hydrogens is 332 g/mol. The molecule has 1 atom stereocenters. The van der Waals surface area contributed by atoms with Crippen LogP contribution in [0.25, 0.3) is 0 Å². The van der Waals surface area contributed by atoms with Crippen molar-refractivity contribution in [3.63, 3.8) is 0 Å². The third-order valence-corrected chi connectivity index (χ3v) is 4.27. The van der Waals surface area contributed by atoms with Gasteiger partial charge in [-0.25, -0.2) is 4.79 Å². The molecule has 1 aliphatic heterocycles. The number of hydrogen-bond acceptors (Lipinski definition) is 4. The second-order valence-electron chi connectivity index (χ2n) is 6.18. The Kier molecular flexibility index (Phi) is 5.96. The fourth-order valence-electron chi connectivity index (χ4n) is 2.81. The van der Waals surface area contributed by atoms with E-state index in [0.717, 1.165) is 11.3 Å². The van der Waals surface area contributed by atoms with Crippen LogP contribution in [0, 0.1) is 6.92 Å². The van der Waals surface area contributed by atoms with Crippen LogP contribution >= 0.6 is 0 Å². The smallest absolute Gasteiger partial charge is 0.322 e. The van der Waals surface area contributed by atoms with Gasteiger partial charge in [0.15, 0.2) is 0 Å². The van der Waals surface area contributed by atoms with Crippen molar-refractivity contribution in [3.8, 4) is 11.5 Å². The molecule has 138 valence electrons. The van der Waals surface area contributed by atoms with Gasteiger partial charge >= 0.3 is 6.03 Å². The van der Waals surface area contributed by atoms with Crippen molar-refractivity contribution in [1.82, 2.24) is 4.90 Å². The molecule has 2 aromatic rings. The highest BCUT2D eigenvalue weighted by atomic mass is 16.5. The Morgan fingerprint density at radius 1 is 1.27 bits per heavy atom. The number of urea groups is 1. The molecule has 2 amide bonds. The lowest BCUT2D eigenvalue weighted by molar-refractivity contribution is -0.0337. The highest BCUT2D eigenvalue weighted by Gasteiger charge is 2.25. The van der Waals surface area contributed by atoms with E-state index in [1.54, 1.807) is 18.1 Å². The number of aryl methyl sites for hydroxylation is 1. The fraction of sp³-hybridized carbons (Fsp3) is 0.350. The number of hydrogen-bond donors (Lipinski definition) is 1. The topological polar surface area (TPSA) is 60.0 Å². The van der Waals surface area contributed by atoms with Crippen LogP contribution in [-0.4, -0.2) is 50.4 Å². The third-order valence-electron chi connectivity index (χ3n) is 4.27. The summed E-state index contributed by atoms with van der Waals surface area (Å²) in [6, 6.07) is 15.0. The van der Waals surface area contributed by atoms with Crippen LogP contribution in [0.5, 0.6) is 11.5 Å². The van der Waals surface area contributed by atoms with Crippen molar-refractivity contribution in [1.29, 1.82) is 0 Å². The summed E-state index contributed by atoms with van der Waals surface area (Å²) in [5.74, 6) is 1.54. The number of anilines is 1. The van der Waals surface area contributed by atoms with E-state index in [-0.39, 0.29) is 12.1 Å². The average Bonchev–Trinajstić information content (AvgIpc) is 2.68. The van der Waals surface area contributed by atoms with Crippen molar-refractivity contribution in [2.75, 3.05) is 38.7 Å². The zero-order chi connectivity index (χ0) is 18.4. The Morgan fingerprint density at radius 2 is 2.12 bits per heavy atom. The van der Waals surface area contributed by atoms with Gasteiger partial charge in [0.1, 0.15) is 24.2 Å². The van der Waals surface area contributed by atoms with E-state index < -0.39 is 0 Å². The molecule has 0 spiro atoms. The number of morpholine rings is 1. The van der Waals surface area contributed by atoms with Crippen LogP contribution in [0.15, 0.2) is 48.5 Å². The summed E-state index contributed by atoms with van der Waals surface area (Å²) in [7, 11) is 1.60. The van der Waals surface area contributed by atoms with E-state index in [1.807, 2.05) is 49.4 Å². The second kappa shape index (κ2) is 8.58. The maximum atomic E-state index is 12.5. The Bertz CT molecular complexity index is 750. The molecule has 1 saturated heterocycles. The highest BCUT2D eigenvalue weighted by molar-refractivity contribution is 5.89. The molecule has 26 heavy (non-hydrogen) atoms. The summed E-state index contributed by atoms with van der Waals surface area (Å²) < 4.78 is 16.8. The van der Waals surface area contributed by atoms with Crippen LogP contribution in [0.3, 0.4) is 0 Å². The third kappa shape index (κ3) is 4.67. The first kappa shape index (κ1) is 18.1. The highest BCUT2D eigenvalue weighted by Crippen LogP contribution is 2.19. The Morgan fingerprint density at radius 3 is 2.92 bits per heavy atom. The first-order valence-corrected chi connectivity index (χ1v) is 8.65. The molecule has 1 unspecified atom stereocenters. The minimum atomic E-state index is -0.153. The molecule has 2 aromatic carbocycles. The van der Waals surface area contributed by atoms with Crippen LogP contribution < -0.4 is 14.8 Å². The molecule has 0 aliphatic carbocycles. The van der Waals surface area contributed by atoms with Gasteiger partial charge in [0.25, 0.3) is 0 Å². The maximum absolute atomic E-state index is 12.5. The summed E-state index contributed by atoms with van der Waals surface area (Å²) in [4.78, 5) is 14.3. The minimum Gasteiger partial charge on any atom is -0.497 e. The number of nitrogens with zero attached hydrogens (tertiary/aromatic N) is 1. The van der Waals surface area contributed by atoms with Gasteiger partial charge in [0.2, 0.25) is 0 Å². The second-order valence-corrected chi connectivity index (χ2v) is 6.18. The van der Waals surface area contributed by atoms with Crippen molar-refractivity contribution in [2.45, 2.75) is 13.0 Å². The summed E-state index contributed by atoms with van der Waals surface area (Å²) in [6.45, 7) is 3.95. The van der Waals surface area contributed by atoms with Crippen LogP contribution in [0.2, 0.25) is 0 Å². The molecular formula is C20H24N2O4. The van der Waals surface area contributed by atoms with E-state index in [2.05, 4.69) is 5.32 Å². The van der Waals surface area contributed by atoms with Gasteiger partial charge < -0.3 is 24.4 Å². The first-order chi connectivity index (χ1) is 12.7. The fourth-order valence-corrected chi connectivity index (χ4v) is 2.81. The van der Waals surface area contributed by atoms with Crippen LogP contribution in [0.4, 0.5) is 10.5 Å². The van der Waals surface area contributed by atoms with Gasteiger partial charge in [-0.3, -0.25) is 0 Å². The summed E-state index contributed by atoms with van der Waals surface area (Å²) >= 11 is 0. The molecule has 1 fully saturated rings. The zero-order valence-electron chi connectivity index (χ0n) is 15.1. The SMILES string of the molecule is COc1cccc(NC(=O)N2CCOC(COc3ccccc3C)C2)c1. The summed E-state index contributed by atoms with van der Waals surface area (Å²) in [6.07, 6.45) is -0.153. The number of nitrogens with one attached hydrogen (secondary N) is 1. The number of ether oxygens (including phenoxy) is 3. The van der Waals surface area contributed by atoms with Crippen molar-refractivity contribution in [2.24, 2.45) is 0 Å². The van der Waals surface area contributed by atoms with Gasteiger partial charge in [-0.1, -0.05) is 24.3 Å². The molecule has 0 saturated carbocycles. The number of carbonyl (C=O) groups excluding carboxylic acids is 1.